The molecule has 0 aromatic carbocycles. The number of H-pyrrole nitrogens is 1. The molecule has 5 nitrogen and oxygen atoms in total. The quantitative estimate of drug-likeness (QED) is 0.715. The molecule has 1 saturated carbocycles. The van der Waals surface area contributed by atoms with Crippen molar-refractivity contribution in [1.82, 2.24) is 14.8 Å². The Morgan fingerprint density at radius 3 is 3.00 bits per heavy atom. The second-order valence-electron chi connectivity index (χ2n) is 3.95. The maximum atomic E-state index is 11.2. The minimum atomic E-state index is -0.159. The first-order valence-corrected chi connectivity index (χ1v) is 5.02. The normalized spacial score (nSPS) is 26.9. The molecule has 0 aliphatic heterocycles. The highest BCUT2D eigenvalue weighted by Gasteiger charge is 2.27. The predicted molar refractivity (Wildman–Crippen MR) is 50.8 cm³/mol. The van der Waals surface area contributed by atoms with Gasteiger partial charge >= 0.3 is 5.69 Å². The van der Waals surface area contributed by atoms with Crippen LogP contribution in [0.5, 0.6) is 0 Å². The average molecular weight is 197 g/mol. The SMILES string of the molecule is O=c1[nH]ncn1CC1CCCC1CO. The molecule has 2 N–H and O–H groups in total. The molecule has 1 aliphatic rings. The van der Waals surface area contributed by atoms with Crippen LogP contribution in [0.3, 0.4) is 0 Å². The van der Waals surface area contributed by atoms with Gasteiger partial charge in [0.25, 0.3) is 0 Å². The zero-order valence-corrected chi connectivity index (χ0v) is 8.02. The fourth-order valence-electron chi connectivity index (χ4n) is 2.25. The molecule has 5 heteroatoms. The Hall–Kier alpha value is -1.10. The van der Waals surface area contributed by atoms with Crippen LogP contribution in [-0.4, -0.2) is 26.5 Å². The van der Waals surface area contributed by atoms with Crippen molar-refractivity contribution < 1.29 is 5.11 Å². The molecule has 1 aliphatic carbocycles. The van der Waals surface area contributed by atoms with Crippen molar-refractivity contribution in [3.63, 3.8) is 0 Å². The van der Waals surface area contributed by atoms with E-state index in [0.29, 0.717) is 18.4 Å². The Balaban J connectivity index is 2.04. The Morgan fingerprint density at radius 2 is 2.36 bits per heavy atom. The number of nitrogens with one attached hydrogen (secondary N) is 1. The van der Waals surface area contributed by atoms with Crippen LogP contribution in [0.1, 0.15) is 19.3 Å². The Morgan fingerprint density at radius 1 is 1.57 bits per heavy atom. The van der Waals surface area contributed by atoms with E-state index in [4.69, 9.17) is 5.11 Å². The van der Waals surface area contributed by atoms with Crippen LogP contribution in [0.15, 0.2) is 11.1 Å². The standard InChI is InChI=1S/C9H15N3O2/c13-5-8-3-1-2-7(8)4-12-6-10-11-9(12)14/h6-8,13H,1-5H2,(H,11,14). The van der Waals surface area contributed by atoms with Crippen molar-refractivity contribution in [3.8, 4) is 0 Å². The summed E-state index contributed by atoms with van der Waals surface area (Å²) in [5.41, 5.74) is -0.159. The van der Waals surface area contributed by atoms with Gasteiger partial charge in [-0.3, -0.25) is 4.57 Å². The molecule has 1 aromatic heterocycles. The summed E-state index contributed by atoms with van der Waals surface area (Å²) < 4.78 is 1.58. The summed E-state index contributed by atoms with van der Waals surface area (Å²) in [4.78, 5) is 11.2. The van der Waals surface area contributed by atoms with E-state index in [9.17, 15) is 4.79 Å². The summed E-state index contributed by atoms with van der Waals surface area (Å²) in [5, 5.41) is 15.2. The first-order valence-electron chi connectivity index (χ1n) is 5.02. The third kappa shape index (κ3) is 1.72. The van der Waals surface area contributed by atoms with E-state index in [2.05, 4.69) is 10.2 Å². The highest BCUT2D eigenvalue weighted by Crippen LogP contribution is 2.31. The molecule has 14 heavy (non-hydrogen) atoms. The van der Waals surface area contributed by atoms with Gasteiger partial charge < -0.3 is 5.11 Å². The largest absolute Gasteiger partial charge is 0.396 e. The van der Waals surface area contributed by atoms with Crippen molar-refractivity contribution in [3.05, 3.63) is 16.8 Å². The molecule has 1 fully saturated rings. The van der Waals surface area contributed by atoms with Crippen LogP contribution in [0.25, 0.3) is 0 Å². The van der Waals surface area contributed by atoms with Crippen LogP contribution < -0.4 is 5.69 Å². The van der Waals surface area contributed by atoms with Crippen molar-refractivity contribution >= 4 is 0 Å². The molecule has 1 aromatic rings. The monoisotopic (exact) mass is 197 g/mol. The topological polar surface area (TPSA) is 70.9 Å². The number of rotatable bonds is 3. The van der Waals surface area contributed by atoms with Crippen molar-refractivity contribution in [2.75, 3.05) is 6.61 Å². The van der Waals surface area contributed by atoms with Gasteiger partial charge in [-0.25, -0.2) is 9.89 Å². The Bertz CT molecular complexity index is 344. The maximum absolute atomic E-state index is 11.2. The predicted octanol–water partition coefficient (Wildman–Crippen LogP) is -0.0200. The number of aromatic amines is 1. The van der Waals surface area contributed by atoms with E-state index in [1.807, 2.05) is 0 Å². The summed E-state index contributed by atoms with van der Waals surface area (Å²) in [6.45, 7) is 0.915. The van der Waals surface area contributed by atoms with Crippen LogP contribution in [0.4, 0.5) is 0 Å². The first-order chi connectivity index (χ1) is 6.81. The molecule has 2 rings (SSSR count). The van der Waals surface area contributed by atoms with Gasteiger partial charge in [0.1, 0.15) is 6.33 Å². The summed E-state index contributed by atoms with van der Waals surface area (Å²) in [7, 11) is 0. The molecule has 1 heterocycles. The lowest BCUT2D eigenvalue weighted by atomic mass is 9.97. The minimum Gasteiger partial charge on any atom is -0.396 e. The summed E-state index contributed by atoms with van der Waals surface area (Å²) in [5.74, 6) is 0.784. The van der Waals surface area contributed by atoms with Crippen LogP contribution in [0, 0.1) is 11.8 Å². The summed E-state index contributed by atoms with van der Waals surface area (Å²) >= 11 is 0. The van der Waals surface area contributed by atoms with Crippen LogP contribution in [0.2, 0.25) is 0 Å². The van der Waals surface area contributed by atoms with Crippen molar-refractivity contribution in [1.29, 1.82) is 0 Å². The van der Waals surface area contributed by atoms with Gasteiger partial charge in [-0.05, 0) is 24.7 Å². The van der Waals surface area contributed by atoms with E-state index in [1.54, 1.807) is 4.57 Å². The fourth-order valence-corrected chi connectivity index (χ4v) is 2.25. The molecule has 2 atom stereocenters. The second-order valence-corrected chi connectivity index (χ2v) is 3.95. The van der Waals surface area contributed by atoms with Gasteiger partial charge in [-0.2, -0.15) is 5.10 Å². The lowest BCUT2D eigenvalue weighted by Crippen LogP contribution is -2.24. The molecule has 0 radical (unpaired) electrons. The molecule has 0 spiro atoms. The number of nitrogens with zero attached hydrogens (tertiary/aromatic N) is 2. The van der Waals surface area contributed by atoms with E-state index in [-0.39, 0.29) is 12.3 Å². The zero-order chi connectivity index (χ0) is 9.97. The number of hydrogen-bond acceptors (Lipinski definition) is 3. The molecular weight excluding hydrogens is 182 g/mol. The van der Waals surface area contributed by atoms with Gasteiger partial charge in [0.15, 0.2) is 0 Å². The smallest absolute Gasteiger partial charge is 0.343 e. The van der Waals surface area contributed by atoms with E-state index in [1.165, 1.54) is 6.33 Å². The molecule has 0 amide bonds. The number of hydrogen-bond donors (Lipinski definition) is 2. The highest BCUT2D eigenvalue weighted by atomic mass is 16.3. The van der Waals surface area contributed by atoms with Gasteiger partial charge in [-0.1, -0.05) is 6.42 Å². The Kier molecular flexibility index (Phi) is 2.67. The maximum Gasteiger partial charge on any atom is 0.343 e. The minimum absolute atomic E-state index is 0.159. The molecule has 78 valence electrons. The molecule has 0 saturated heterocycles. The molecule has 2 unspecified atom stereocenters. The van der Waals surface area contributed by atoms with Gasteiger partial charge in [0.05, 0.1) is 0 Å². The summed E-state index contributed by atoms with van der Waals surface area (Å²) in [6, 6.07) is 0. The average Bonchev–Trinajstić information content (AvgIpc) is 2.77. The fraction of sp³-hybridized carbons (Fsp3) is 0.778. The van der Waals surface area contributed by atoms with Crippen LogP contribution in [-0.2, 0) is 6.54 Å². The Labute approximate surface area is 81.8 Å². The molecule has 0 bridgehead atoms. The highest BCUT2D eigenvalue weighted by molar-refractivity contribution is 4.78. The third-order valence-corrected chi connectivity index (χ3v) is 3.10. The van der Waals surface area contributed by atoms with Crippen LogP contribution >= 0.6 is 0 Å². The second kappa shape index (κ2) is 3.96. The number of aromatic nitrogens is 3. The van der Waals surface area contributed by atoms with Gasteiger partial charge in [0.2, 0.25) is 0 Å². The number of aliphatic hydroxyl groups is 1. The molecular formula is C9H15N3O2. The van der Waals surface area contributed by atoms with Gasteiger partial charge in [-0.15, -0.1) is 0 Å². The van der Waals surface area contributed by atoms with E-state index in [0.717, 1.165) is 19.3 Å². The van der Waals surface area contributed by atoms with Gasteiger partial charge in [0, 0.05) is 13.2 Å². The van der Waals surface area contributed by atoms with E-state index >= 15 is 0 Å². The zero-order valence-electron chi connectivity index (χ0n) is 8.02. The summed E-state index contributed by atoms with van der Waals surface area (Å²) in [6.07, 6.45) is 4.86. The number of aliphatic hydroxyl groups excluding tert-OH is 1. The lowest BCUT2D eigenvalue weighted by molar-refractivity contribution is 0.184. The third-order valence-electron chi connectivity index (χ3n) is 3.10. The lowest BCUT2D eigenvalue weighted by Gasteiger charge is -2.16. The van der Waals surface area contributed by atoms with Crippen molar-refractivity contribution in [2.24, 2.45) is 11.8 Å². The first kappa shape index (κ1) is 9.45. The van der Waals surface area contributed by atoms with Crippen molar-refractivity contribution in [2.45, 2.75) is 25.8 Å². The van der Waals surface area contributed by atoms with E-state index < -0.39 is 0 Å².